The van der Waals surface area contributed by atoms with Gasteiger partial charge in [0.2, 0.25) is 10.0 Å². The summed E-state index contributed by atoms with van der Waals surface area (Å²) >= 11 is 5.83. The van der Waals surface area contributed by atoms with Crippen molar-refractivity contribution in [3.8, 4) is 6.07 Å². The molecule has 20 heavy (non-hydrogen) atoms. The average molecular weight is 308 g/mol. The molecule has 2 rings (SSSR count). The molecule has 0 fully saturated rings. The Labute approximate surface area is 121 Å². The molecular weight excluding hydrogens is 298 g/mol. The molecule has 0 spiro atoms. The first-order chi connectivity index (χ1) is 9.53. The van der Waals surface area contributed by atoms with E-state index in [1.165, 1.54) is 18.3 Å². The van der Waals surface area contributed by atoms with E-state index in [1.54, 1.807) is 30.3 Å². The largest absolute Gasteiger partial charge is 0.244 e. The molecule has 0 aliphatic heterocycles. The summed E-state index contributed by atoms with van der Waals surface area (Å²) in [5, 5.41) is 9.41. The van der Waals surface area contributed by atoms with Crippen LogP contribution in [0.25, 0.3) is 0 Å². The first-order valence-corrected chi connectivity index (χ1v) is 7.48. The maximum atomic E-state index is 12.1. The molecule has 2 aromatic rings. The highest BCUT2D eigenvalue weighted by Crippen LogP contribution is 2.14. The second kappa shape index (κ2) is 6.01. The maximum Gasteiger partial charge on any atom is 0.243 e. The Balaban J connectivity index is 2.22. The number of halogens is 1. The van der Waals surface area contributed by atoms with E-state index in [9.17, 15) is 8.42 Å². The summed E-state index contributed by atoms with van der Waals surface area (Å²) in [6.07, 6.45) is 1.37. The fourth-order valence-electron chi connectivity index (χ4n) is 1.59. The van der Waals surface area contributed by atoms with E-state index < -0.39 is 10.0 Å². The Morgan fingerprint density at radius 3 is 2.80 bits per heavy atom. The fourth-order valence-corrected chi connectivity index (χ4v) is 2.93. The number of benzene rings is 1. The van der Waals surface area contributed by atoms with Crippen molar-refractivity contribution < 1.29 is 8.42 Å². The van der Waals surface area contributed by atoms with Gasteiger partial charge in [-0.25, -0.2) is 18.1 Å². The molecule has 0 bridgehead atoms. The zero-order chi connectivity index (χ0) is 14.6. The predicted molar refractivity (Wildman–Crippen MR) is 74.4 cm³/mol. The monoisotopic (exact) mass is 307 g/mol. The Morgan fingerprint density at radius 2 is 2.10 bits per heavy atom. The van der Waals surface area contributed by atoms with Crippen molar-refractivity contribution in [2.24, 2.45) is 0 Å². The number of nitriles is 1. The molecule has 1 heterocycles. The van der Waals surface area contributed by atoms with E-state index in [0.717, 1.165) is 5.56 Å². The quantitative estimate of drug-likeness (QED) is 0.937. The molecular formula is C13H10ClN3O2S. The minimum absolute atomic E-state index is 0.0860. The predicted octanol–water partition coefficient (Wildman–Crippen LogP) is 2.09. The molecule has 1 aromatic carbocycles. The number of rotatable bonds is 4. The van der Waals surface area contributed by atoms with E-state index in [4.69, 9.17) is 16.9 Å². The van der Waals surface area contributed by atoms with Gasteiger partial charge in [0.25, 0.3) is 0 Å². The van der Waals surface area contributed by atoms with Crippen LogP contribution in [0.2, 0.25) is 5.02 Å². The first-order valence-electron chi connectivity index (χ1n) is 5.62. The first kappa shape index (κ1) is 14.5. The molecule has 102 valence electrons. The number of hydrogen-bond acceptors (Lipinski definition) is 4. The van der Waals surface area contributed by atoms with Gasteiger partial charge in [-0.3, -0.25) is 0 Å². The highest BCUT2D eigenvalue weighted by molar-refractivity contribution is 7.89. The van der Waals surface area contributed by atoms with Gasteiger partial charge >= 0.3 is 0 Å². The van der Waals surface area contributed by atoms with Crippen LogP contribution in [0, 0.1) is 11.3 Å². The summed E-state index contributed by atoms with van der Waals surface area (Å²) in [4.78, 5) is 3.60. The van der Waals surface area contributed by atoms with Crippen LogP contribution in [0.4, 0.5) is 0 Å². The molecule has 0 aliphatic rings. The van der Waals surface area contributed by atoms with Crippen LogP contribution in [-0.4, -0.2) is 13.4 Å². The van der Waals surface area contributed by atoms with Crippen molar-refractivity contribution in [3.63, 3.8) is 0 Å². The molecule has 0 amide bonds. The van der Waals surface area contributed by atoms with Crippen LogP contribution >= 0.6 is 11.6 Å². The minimum atomic E-state index is -3.79. The molecule has 0 aliphatic carbocycles. The van der Waals surface area contributed by atoms with E-state index in [-0.39, 0.29) is 17.1 Å². The van der Waals surface area contributed by atoms with Gasteiger partial charge in [-0.1, -0.05) is 23.7 Å². The SMILES string of the molecule is N#Cc1ncccc1S(=O)(=O)NCc1cccc(Cl)c1. The van der Waals surface area contributed by atoms with Gasteiger partial charge in [0.05, 0.1) is 0 Å². The number of nitrogens with zero attached hydrogens (tertiary/aromatic N) is 2. The van der Waals surface area contributed by atoms with E-state index >= 15 is 0 Å². The summed E-state index contributed by atoms with van der Waals surface area (Å²) in [5.74, 6) is 0. The molecule has 7 heteroatoms. The van der Waals surface area contributed by atoms with Gasteiger partial charge in [-0.15, -0.1) is 0 Å². The Bertz CT molecular complexity index is 769. The molecule has 5 nitrogen and oxygen atoms in total. The number of nitrogens with one attached hydrogen (secondary N) is 1. The van der Waals surface area contributed by atoms with Crippen LogP contribution in [0.3, 0.4) is 0 Å². The van der Waals surface area contributed by atoms with Crippen molar-refractivity contribution in [1.82, 2.24) is 9.71 Å². The number of pyridine rings is 1. The number of sulfonamides is 1. The van der Waals surface area contributed by atoms with Gasteiger partial charge < -0.3 is 0 Å². The number of hydrogen-bond donors (Lipinski definition) is 1. The zero-order valence-corrected chi connectivity index (χ0v) is 11.8. The molecule has 0 saturated carbocycles. The highest BCUT2D eigenvalue weighted by Gasteiger charge is 2.18. The third kappa shape index (κ3) is 3.33. The summed E-state index contributed by atoms with van der Waals surface area (Å²) in [5.41, 5.74) is 0.592. The van der Waals surface area contributed by atoms with Crippen molar-refractivity contribution in [1.29, 1.82) is 5.26 Å². The van der Waals surface area contributed by atoms with Crippen LogP contribution in [0.15, 0.2) is 47.5 Å². The second-order valence-electron chi connectivity index (χ2n) is 3.92. The lowest BCUT2D eigenvalue weighted by Gasteiger charge is -2.07. The van der Waals surface area contributed by atoms with Crippen LogP contribution < -0.4 is 4.72 Å². The summed E-state index contributed by atoms with van der Waals surface area (Å²) in [6.45, 7) is 0.0860. The molecule has 0 unspecified atom stereocenters. The number of aromatic nitrogens is 1. The minimum Gasteiger partial charge on any atom is -0.244 e. The van der Waals surface area contributed by atoms with E-state index in [0.29, 0.717) is 5.02 Å². The summed E-state index contributed by atoms with van der Waals surface area (Å²) in [7, 11) is -3.79. The van der Waals surface area contributed by atoms with Crippen LogP contribution in [-0.2, 0) is 16.6 Å². The normalized spacial score (nSPS) is 11.0. The Hall–Kier alpha value is -1.94. The van der Waals surface area contributed by atoms with E-state index in [1.807, 2.05) is 0 Å². The molecule has 1 N–H and O–H groups in total. The molecule has 0 radical (unpaired) electrons. The standard InChI is InChI=1S/C13H10ClN3O2S/c14-11-4-1-3-10(7-11)9-17-20(18,19)13-5-2-6-16-12(13)8-15/h1-7,17H,9H2. The van der Waals surface area contributed by atoms with Crippen molar-refractivity contribution in [2.75, 3.05) is 0 Å². The lowest BCUT2D eigenvalue weighted by molar-refractivity contribution is 0.580. The Kier molecular flexibility index (Phi) is 4.35. The lowest BCUT2D eigenvalue weighted by Crippen LogP contribution is -2.24. The van der Waals surface area contributed by atoms with Crippen LogP contribution in [0.5, 0.6) is 0 Å². The topological polar surface area (TPSA) is 82.8 Å². The van der Waals surface area contributed by atoms with Gasteiger partial charge in [0, 0.05) is 17.8 Å². The van der Waals surface area contributed by atoms with Crippen molar-refractivity contribution in [3.05, 3.63) is 58.9 Å². The van der Waals surface area contributed by atoms with Crippen LogP contribution in [0.1, 0.15) is 11.3 Å². The van der Waals surface area contributed by atoms with Crippen molar-refractivity contribution in [2.45, 2.75) is 11.4 Å². The third-order valence-corrected chi connectivity index (χ3v) is 4.19. The molecule has 0 saturated heterocycles. The smallest absolute Gasteiger partial charge is 0.243 e. The van der Waals surface area contributed by atoms with Crippen molar-refractivity contribution >= 4 is 21.6 Å². The van der Waals surface area contributed by atoms with Gasteiger partial charge in [0.1, 0.15) is 11.0 Å². The van der Waals surface area contributed by atoms with E-state index in [2.05, 4.69) is 9.71 Å². The highest BCUT2D eigenvalue weighted by atomic mass is 35.5. The summed E-state index contributed by atoms with van der Waals surface area (Å²) < 4.78 is 26.7. The average Bonchev–Trinajstić information content (AvgIpc) is 2.45. The second-order valence-corrected chi connectivity index (χ2v) is 6.09. The van der Waals surface area contributed by atoms with Gasteiger partial charge in [-0.05, 0) is 29.8 Å². The van der Waals surface area contributed by atoms with Gasteiger partial charge in [0.15, 0.2) is 5.69 Å². The maximum absolute atomic E-state index is 12.1. The molecule has 0 atom stereocenters. The lowest BCUT2D eigenvalue weighted by atomic mass is 10.2. The third-order valence-electron chi connectivity index (χ3n) is 2.52. The van der Waals surface area contributed by atoms with Gasteiger partial charge in [-0.2, -0.15) is 5.26 Å². The fraction of sp³-hybridized carbons (Fsp3) is 0.0769. The summed E-state index contributed by atoms with van der Waals surface area (Å²) in [6, 6.07) is 11.4. The zero-order valence-electron chi connectivity index (χ0n) is 10.2. The molecule has 1 aromatic heterocycles. The Morgan fingerprint density at radius 1 is 1.30 bits per heavy atom.